The average Bonchev–Trinajstić information content (AvgIpc) is 3.55. The van der Waals surface area contributed by atoms with Gasteiger partial charge in [0.05, 0.1) is 36.2 Å². The number of hydrogen-bond donors (Lipinski definition) is 4. The fraction of sp³-hybridized carbons (Fsp3) is 0.214. The van der Waals surface area contributed by atoms with Crippen molar-refractivity contribution in [1.29, 1.82) is 0 Å². The quantitative estimate of drug-likeness (QED) is 0.184. The molecular formula is C28H29N7O6. The Morgan fingerprint density at radius 1 is 1.10 bits per heavy atom. The molecule has 13 heteroatoms. The number of aromatic carboxylic acids is 1. The highest BCUT2D eigenvalue weighted by Crippen LogP contribution is 2.20. The molecule has 0 radical (unpaired) electrons. The van der Waals surface area contributed by atoms with Crippen molar-refractivity contribution in [3.05, 3.63) is 88.8 Å². The summed E-state index contributed by atoms with van der Waals surface area (Å²) in [5.74, 6) is 0.164. The number of carbonyl (C=O) groups is 2. The lowest BCUT2D eigenvalue weighted by Gasteiger charge is -2.07. The minimum Gasteiger partial charge on any atom is -0.478 e. The van der Waals surface area contributed by atoms with E-state index in [1.165, 1.54) is 0 Å². The maximum atomic E-state index is 11.1. The third kappa shape index (κ3) is 7.79. The van der Waals surface area contributed by atoms with Gasteiger partial charge in [-0.25, -0.2) is 19.6 Å². The zero-order valence-electron chi connectivity index (χ0n) is 22.5. The Hall–Kier alpha value is -5.46. The molecule has 0 saturated heterocycles. The highest BCUT2D eigenvalue weighted by Gasteiger charge is 2.11. The molecule has 0 aliphatic rings. The van der Waals surface area contributed by atoms with Crippen molar-refractivity contribution >= 4 is 34.5 Å². The van der Waals surface area contributed by atoms with Crippen LogP contribution in [-0.4, -0.2) is 54.9 Å². The predicted molar refractivity (Wildman–Crippen MR) is 152 cm³/mol. The van der Waals surface area contributed by atoms with Crippen LogP contribution in [0.25, 0.3) is 22.4 Å². The number of aromatic amines is 1. The molecule has 4 N–H and O–H groups in total. The zero-order chi connectivity index (χ0) is 29.2. The number of nitrogens with one attached hydrogen (secondary N) is 3. The lowest BCUT2D eigenvalue weighted by atomic mass is 10.2. The number of pyridine rings is 1. The number of esters is 1. The summed E-state index contributed by atoms with van der Waals surface area (Å²) in [7, 11) is 1.89. The van der Waals surface area contributed by atoms with Crippen LogP contribution in [0.15, 0.2) is 76.2 Å². The van der Waals surface area contributed by atoms with E-state index >= 15 is 0 Å². The number of hydrogen-bond acceptors (Lipinski definition) is 10. The second kappa shape index (κ2) is 13.6. The molecule has 3 heterocycles. The molecule has 0 aliphatic heterocycles. The SMILES string of the molecule is CCOC(=O)CCNc1ccccn1.Cn1c(CNc2ccc(-c3noc(=O)[nH]3)cc2)nc2cc(C(=O)O)ccc21. The van der Waals surface area contributed by atoms with Crippen molar-refractivity contribution in [2.45, 2.75) is 19.9 Å². The van der Waals surface area contributed by atoms with E-state index in [4.69, 9.17) is 9.84 Å². The Balaban J connectivity index is 0.000000234. The standard InChI is InChI=1S/C18H15N5O4.C10H14N2O2/c1-23-14-7-4-11(17(24)25)8-13(14)20-15(23)9-19-12-5-2-10(3-6-12)16-21-18(26)27-22-16;1-2-14-10(13)6-8-12-9-5-3-4-7-11-9/h2-8,19H,9H2,1H3,(H,24,25)(H,21,22,26);3-5,7H,2,6,8H2,1H3,(H,11,12). The summed E-state index contributed by atoms with van der Waals surface area (Å²) in [6, 6.07) is 17.8. The van der Waals surface area contributed by atoms with Crippen molar-refractivity contribution in [3.8, 4) is 11.4 Å². The molecule has 0 aliphatic carbocycles. The minimum atomic E-state index is -0.976. The van der Waals surface area contributed by atoms with Gasteiger partial charge in [-0.1, -0.05) is 11.2 Å². The molecular weight excluding hydrogens is 530 g/mol. The van der Waals surface area contributed by atoms with Gasteiger partial charge in [0.1, 0.15) is 11.6 Å². The molecule has 0 amide bonds. The van der Waals surface area contributed by atoms with Crippen LogP contribution >= 0.6 is 0 Å². The largest absolute Gasteiger partial charge is 0.478 e. The predicted octanol–water partition coefficient (Wildman–Crippen LogP) is 3.67. The molecule has 0 bridgehead atoms. The van der Waals surface area contributed by atoms with E-state index in [0.717, 1.165) is 28.4 Å². The van der Waals surface area contributed by atoms with Gasteiger partial charge in [0.25, 0.3) is 0 Å². The van der Waals surface area contributed by atoms with Gasteiger partial charge < -0.3 is 25.0 Å². The van der Waals surface area contributed by atoms with Crippen LogP contribution in [0.4, 0.5) is 11.5 Å². The van der Waals surface area contributed by atoms with Crippen molar-refractivity contribution in [2.75, 3.05) is 23.8 Å². The highest BCUT2D eigenvalue weighted by atomic mass is 16.5. The van der Waals surface area contributed by atoms with Crippen LogP contribution in [0.2, 0.25) is 0 Å². The van der Waals surface area contributed by atoms with Gasteiger partial charge in [-0.05, 0) is 61.5 Å². The third-order valence-electron chi connectivity index (χ3n) is 5.88. The summed E-state index contributed by atoms with van der Waals surface area (Å²) >= 11 is 0. The smallest absolute Gasteiger partial charge is 0.439 e. The van der Waals surface area contributed by atoms with E-state index in [1.54, 1.807) is 31.3 Å². The van der Waals surface area contributed by atoms with Crippen molar-refractivity contribution in [1.82, 2.24) is 24.7 Å². The summed E-state index contributed by atoms with van der Waals surface area (Å²) in [6.45, 7) is 3.25. The van der Waals surface area contributed by atoms with Gasteiger partial charge in [-0.3, -0.25) is 14.3 Å². The number of carboxylic acids is 1. The summed E-state index contributed by atoms with van der Waals surface area (Å²) in [6.07, 6.45) is 2.07. The lowest BCUT2D eigenvalue weighted by Crippen LogP contribution is -2.11. The second-order valence-corrected chi connectivity index (χ2v) is 8.67. The van der Waals surface area contributed by atoms with E-state index < -0.39 is 11.7 Å². The Kier molecular flexibility index (Phi) is 9.44. The normalized spacial score (nSPS) is 10.5. The molecule has 5 aromatic rings. The molecule has 0 fully saturated rings. The monoisotopic (exact) mass is 559 g/mol. The maximum Gasteiger partial charge on any atom is 0.439 e. The average molecular weight is 560 g/mol. The van der Waals surface area contributed by atoms with Crippen LogP contribution in [-0.2, 0) is 23.1 Å². The van der Waals surface area contributed by atoms with E-state index in [9.17, 15) is 14.4 Å². The van der Waals surface area contributed by atoms with Crippen LogP contribution in [0.1, 0.15) is 29.5 Å². The van der Waals surface area contributed by atoms with Crippen molar-refractivity contribution in [3.63, 3.8) is 0 Å². The van der Waals surface area contributed by atoms with Crippen LogP contribution in [0.5, 0.6) is 0 Å². The lowest BCUT2D eigenvalue weighted by molar-refractivity contribution is -0.142. The van der Waals surface area contributed by atoms with Crippen molar-refractivity contribution in [2.24, 2.45) is 7.05 Å². The molecule has 0 unspecified atom stereocenters. The first kappa shape index (κ1) is 28.5. The number of carbonyl (C=O) groups excluding carboxylic acids is 1. The zero-order valence-corrected chi connectivity index (χ0v) is 22.5. The number of carboxylic acid groups (broad SMARTS) is 1. The Morgan fingerprint density at radius 3 is 2.56 bits per heavy atom. The number of benzene rings is 2. The number of imidazole rings is 1. The van der Waals surface area contributed by atoms with Gasteiger partial charge in [-0.2, -0.15) is 0 Å². The number of fused-ring (bicyclic) bond motifs is 1. The summed E-state index contributed by atoms with van der Waals surface area (Å²) in [5.41, 5.74) is 3.31. The van der Waals surface area contributed by atoms with Crippen LogP contribution < -0.4 is 16.4 Å². The Labute approximate surface area is 234 Å². The van der Waals surface area contributed by atoms with Gasteiger partial charge in [0.2, 0.25) is 0 Å². The third-order valence-corrected chi connectivity index (χ3v) is 5.88. The first-order chi connectivity index (χ1) is 19.8. The van der Waals surface area contributed by atoms with Gasteiger partial charge in [-0.15, -0.1) is 0 Å². The summed E-state index contributed by atoms with van der Waals surface area (Å²) < 4.78 is 11.2. The molecule has 0 atom stereocenters. The number of anilines is 2. The van der Waals surface area contributed by atoms with Gasteiger partial charge in [0, 0.05) is 31.0 Å². The number of rotatable bonds is 10. The highest BCUT2D eigenvalue weighted by molar-refractivity contribution is 5.92. The van der Waals surface area contributed by atoms with Crippen LogP contribution in [0, 0.1) is 0 Å². The molecule has 0 spiro atoms. The first-order valence-corrected chi connectivity index (χ1v) is 12.7. The first-order valence-electron chi connectivity index (χ1n) is 12.7. The molecule has 3 aromatic heterocycles. The summed E-state index contributed by atoms with van der Waals surface area (Å²) in [4.78, 5) is 44.1. The number of H-pyrrole nitrogens is 1. The van der Waals surface area contributed by atoms with Gasteiger partial charge in [0.15, 0.2) is 5.82 Å². The van der Waals surface area contributed by atoms with E-state index in [2.05, 4.69) is 35.3 Å². The number of ether oxygens (including phenoxy) is 1. The van der Waals surface area contributed by atoms with E-state index in [0.29, 0.717) is 37.5 Å². The van der Waals surface area contributed by atoms with E-state index in [1.807, 2.05) is 54.1 Å². The fourth-order valence-corrected chi connectivity index (χ4v) is 3.82. The van der Waals surface area contributed by atoms with Gasteiger partial charge >= 0.3 is 17.7 Å². The number of nitrogens with zero attached hydrogens (tertiary/aromatic N) is 4. The van der Waals surface area contributed by atoms with Crippen molar-refractivity contribution < 1.29 is 24.0 Å². The van der Waals surface area contributed by atoms with E-state index in [-0.39, 0.29) is 11.5 Å². The maximum absolute atomic E-state index is 11.1. The molecule has 212 valence electrons. The molecule has 13 nitrogen and oxygen atoms in total. The molecule has 41 heavy (non-hydrogen) atoms. The second-order valence-electron chi connectivity index (χ2n) is 8.67. The fourth-order valence-electron chi connectivity index (χ4n) is 3.82. The molecule has 5 rings (SSSR count). The Morgan fingerprint density at radius 2 is 1.90 bits per heavy atom. The number of aromatic nitrogens is 5. The topological polar surface area (TPSA) is 177 Å². The molecule has 0 saturated carbocycles. The molecule has 2 aromatic carbocycles. The summed E-state index contributed by atoms with van der Waals surface area (Å²) in [5, 5.41) is 19.0. The van der Waals surface area contributed by atoms with Crippen LogP contribution in [0.3, 0.4) is 0 Å². The number of aryl methyl sites for hydroxylation is 1. The Bertz CT molecular complexity index is 1660. The minimum absolute atomic E-state index is 0.184.